The first kappa shape index (κ1) is 15.0. The molecule has 1 heterocycles. The van der Waals surface area contributed by atoms with Crippen LogP contribution in [0.3, 0.4) is 0 Å². The van der Waals surface area contributed by atoms with Crippen molar-refractivity contribution in [2.24, 2.45) is 5.92 Å². The molecule has 2 nitrogen and oxygen atoms in total. The highest BCUT2D eigenvalue weighted by atomic mass is 32.1. The summed E-state index contributed by atoms with van der Waals surface area (Å²) in [5.41, 5.74) is -0.325. The third-order valence-electron chi connectivity index (χ3n) is 4.46. The van der Waals surface area contributed by atoms with Gasteiger partial charge in [-0.15, -0.1) is 11.3 Å². The molecule has 3 unspecified atom stereocenters. The first-order chi connectivity index (χ1) is 9.09. The Labute approximate surface area is 120 Å². The van der Waals surface area contributed by atoms with Gasteiger partial charge in [-0.3, -0.25) is 0 Å². The molecule has 2 rings (SSSR count). The van der Waals surface area contributed by atoms with Gasteiger partial charge in [0, 0.05) is 23.3 Å². The largest absolute Gasteiger partial charge is 0.390 e. The molecule has 0 spiro atoms. The van der Waals surface area contributed by atoms with Gasteiger partial charge in [0.1, 0.15) is 0 Å². The third-order valence-corrected chi connectivity index (χ3v) is 5.72. The fraction of sp³-hybridized carbons (Fsp3) is 0.750. The summed E-state index contributed by atoms with van der Waals surface area (Å²) in [6.45, 7) is 4.44. The number of aliphatic hydroxyl groups excluding tert-OH is 1. The van der Waals surface area contributed by atoms with Gasteiger partial charge in [-0.05, 0) is 37.3 Å². The smallest absolute Gasteiger partial charge is 0.0942 e. The van der Waals surface area contributed by atoms with Gasteiger partial charge in [-0.2, -0.15) is 0 Å². The summed E-state index contributed by atoms with van der Waals surface area (Å²) < 4.78 is 5.77. The first-order valence-corrected chi connectivity index (χ1v) is 8.22. The Morgan fingerprint density at radius 3 is 2.79 bits per heavy atom. The number of hydrogen-bond donors (Lipinski definition) is 1. The molecule has 1 aromatic rings. The molecule has 1 saturated carbocycles. The quantitative estimate of drug-likeness (QED) is 0.890. The van der Waals surface area contributed by atoms with Crippen LogP contribution in [0.4, 0.5) is 0 Å². The number of thiophene rings is 1. The minimum Gasteiger partial charge on any atom is -0.390 e. The van der Waals surface area contributed by atoms with E-state index in [1.807, 2.05) is 11.3 Å². The van der Waals surface area contributed by atoms with E-state index in [0.717, 1.165) is 32.1 Å². The number of rotatable bonds is 5. The van der Waals surface area contributed by atoms with Crippen LogP contribution in [0.2, 0.25) is 0 Å². The van der Waals surface area contributed by atoms with Crippen LogP contribution >= 0.6 is 11.3 Å². The third kappa shape index (κ3) is 3.39. The van der Waals surface area contributed by atoms with Crippen molar-refractivity contribution < 1.29 is 9.84 Å². The second-order valence-corrected chi connectivity index (χ2v) is 7.16. The van der Waals surface area contributed by atoms with Crippen LogP contribution in [0.25, 0.3) is 0 Å². The molecule has 3 atom stereocenters. The van der Waals surface area contributed by atoms with Crippen molar-refractivity contribution in [3.05, 3.63) is 21.9 Å². The Kier molecular flexibility index (Phi) is 5.04. The zero-order valence-electron chi connectivity index (χ0n) is 12.3. The molecule has 1 N–H and O–H groups in total. The highest BCUT2D eigenvalue weighted by Gasteiger charge is 2.41. The summed E-state index contributed by atoms with van der Waals surface area (Å²) in [7, 11) is 1.76. The van der Waals surface area contributed by atoms with E-state index in [-0.39, 0.29) is 11.7 Å². The van der Waals surface area contributed by atoms with Gasteiger partial charge in [-0.1, -0.05) is 26.7 Å². The molecule has 0 aliphatic heterocycles. The Bertz CT molecular complexity index is 401. The Balaban J connectivity index is 2.05. The van der Waals surface area contributed by atoms with Crippen LogP contribution in [0, 0.1) is 5.92 Å². The van der Waals surface area contributed by atoms with Crippen LogP contribution in [-0.2, 0) is 17.6 Å². The van der Waals surface area contributed by atoms with Gasteiger partial charge >= 0.3 is 0 Å². The van der Waals surface area contributed by atoms with Crippen molar-refractivity contribution in [1.29, 1.82) is 0 Å². The first-order valence-electron chi connectivity index (χ1n) is 7.40. The lowest BCUT2D eigenvalue weighted by molar-refractivity contribution is -0.130. The summed E-state index contributed by atoms with van der Waals surface area (Å²) in [6.07, 6.45) is 5.81. The Morgan fingerprint density at radius 2 is 2.21 bits per heavy atom. The molecule has 1 aliphatic rings. The van der Waals surface area contributed by atoms with Crippen molar-refractivity contribution in [3.8, 4) is 0 Å². The minimum atomic E-state index is -0.386. The molecule has 0 amide bonds. The summed E-state index contributed by atoms with van der Waals surface area (Å²) in [6, 6.07) is 4.33. The molecule has 1 aromatic heterocycles. The average Bonchev–Trinajstić information content (AvgIpc) is 2.86. The topological polar surface area (TPSA) is 29.5 Å². The number of hydrogen-bond acceptors (Lipinski definition) is 3. The number of ether oxygens (including phenoxy) is 1. The predicted molar refractivity (Wildman–Crippen MR) is 80.8 cm³/mol. The average molecular weight is 282 g/mol. The van der Waals surface area contributed by atoms with E-state index in [4.69, 9.17) is 4.74 Å². The van der Waals surface area contributed by atoms with Crippen molar-refractivity contribution in [1.82, 2.24) is 0 Å². The number of aryl methyl sites for hydroxylation is 1. The highest BCUT2D eigenvalue weighted by molar-refractivity contribution is 7.11. The standard InChI is InChI=1S/C16H26O2S/c1-4-13-7-8-14(19-13)10-15(17)16(18-3)9-5-6-12(2)11-16/h7-8,12,15,17H,4-6,9-11H2,1-3H3. The van der Waals surface area contributed by atoms with Gasteiger partial charge in [0.2, 0.25) is 0 Å². The van der Waals surface area contributed by atoms with E-state index in [1.165, 1.54) is 16.2 Å². The fourth-order valence-corrected chi connectivity index (χ4v) is 4.26. The van der Waals surface area contributed by atoms with E-state index in [1.54, 1.807) is 7.11 Å². The normalized spacial score (nSPS) is 29.4. The SMILES string of the molecule is CCc1ccc(CC(O)C2(OC)CCCC(C)C2)s1. The van der Waals surface area contributed by atoms with Gasteiger partial charge in [-0.25, -0.2) is 0 Å². The van der Waals surface area contributed by atoms with Gasteiger partial charge in [0.15, 0.2) is 0 Å². The maximum absolute atomic E-state index is 10.7. The molecule has 3 heteroatoms. The lowest BCUT2D eigenvalue weighted by Gasteiger charge is -2.42. The number of aliphatic hydroxyl groups is 1. The maximum Gasteiger partial charge on any atom is 0.0942 e. The molecular formula is C16H26O2S. The fourth-order valence-electron chi connectivity index (χ4n) is 3.27. The summed E-state index contributed by atoms with van der Waals surface area (Å²) in [4.78, 5) is 2.67. The summed E-state index contributed by atoms with van der Waals surface area (Å²) >= 11 is 1.82. The second-order valence-electron chi connectivity index (χ2n) is 5.91. The lowest BCUT2D eigenvalue weighted by atomic mass is 9.74. The maximum atomic E-state index is 10.7. The van der Waals surface area contributed by atoms with Gasteiger partial charge in [0.05, 0.1) is 11.7 Å². The van der Waals surface area contributed by atoms with E-state index in [0.29, 0.717) is 5.92 Å². The van der Waals surface area contributed by atoms with Crippen LogP contribution in [0.15, 0.2) is 12.1 Å². The molecule has 108 valence electrons. The van der Waals surface area contributed by atoms with E-state index >= 15 is 0 Å². The van der Waals surface area contributed by atoms with Crippen molar-refractivity contribution in [2.45, 2.75) is 64.1 Å². The minimum absolute atomic E-state index is 0.325. The predicted octanol–water partition coefficient (Wildman–Crippen LogP) is 3.81. The summed E-state index contributed by atoms with van der Waals surface area (Å²) in [5, 5.41) is 10.7. The summed E-state index contributed by atoms with van der Waals surface area (Å²) in [5.74, 6) is 0.651. The van der Waals surface area contributed by atoms with Crippen LogP contribution in [0.5, 0.6) is 0 Å². The molecule has 0 bridgehead atoms. The molecule has 0 radical (unpaired) electrons. The van der Waals surface area contributed by atoms with Crippen molar-refractivity contribution >= 4 is 11.3 Å². The van der Waals surface area contributed by atoms with Gasteiger partial charge < -0.3 is 9.84 Å². The van der Waals surface area contributed by atoms with E-state index in [2.05, 4.69) is 26.0 Å². The van der Waals surface area contributed by atoms with Crippen molar-refractivity contribution in [3.63, 3.8) is 0 Å². The van der Waals surface area contributed by atoms with E-state index < -0.39 is 0 Å². The molecule has 0 aromatic carbocycles. The number of methoxy groups -OCH3 is 1. The zero-order valence-corrected chi connectivity index (χ0v) is 13.1. The highest BCUT2D eigenvalue weighted by Crippen LogP contribution is 2.38. The molecule has 0 saturated heterocycles. The van der Waals surface area contributed by atoms with Crippen LogP contribution in [-0.4, -0.2) is 23.9 Å². The Morgan fingerprint density at radius 1 is 1.47 bits per heavy atom. The molecule has 1 fully saturated rings. The zero-order chi connectivity index (χ0) is 13.9. The van der Waals surface area contributed by atoms with Gasteiger partial charge in [0.25, 0.3) is 0 Å². The van der Waals surface area contributed by atoms with Crippen LogP contribution in [0.1, 0.15) is 49.3 Å². The van der Waals surface area contributed by atoms with Crippen LogP contribution < -0.4 is 0 Å². The van der Waals surface area contributed by atoms with E-state index in [9.17, 15) is 5.11 Å². The lowest BCUT2D eigenvalue weighted by Crippen LogP contribution is -2.48. The molecule has 1 aliphatic carbocycles. The molecular weight excluding hydrogens is 256 g/mol. The monoisotopic (exact) mass is 282 g/mol. The Hall–Kier alpha value is -0.380. The van der Waals surface area contributed by atoms with Crippen molar-refractivity contribution in [2.75, 3.05) is 7.11 Å². The second kappa shape index (κ2) is 6.38. The molecule has 19 heavy (non-hydrogen) atoms.